The minimum absolute atomic E-state index is 0.129. The van der Waals surface area contributed by atoms with E-state index in [2.05, 4.69) is 9.71 Å². The van der Waals surface area contributed by atoms with Gasteiger partial charge in [0.25, 0.3) is 10.0 Å². The second kappa shape index (κ2) is 5.95. The number of nitrogen functional groups attached to an aromatic ring is 1. The van der Waals surface area contributed by atoms with Gasteiger partial charge in [0.15, 0.2) is 5.03 Å². The van der Waals surface area contributed by atoms with E-state index < -0.39 is 10.0 Å². The third-order valence-corrected chi connectivity index (χ3v) is 3.46. The van der Waals surface area contributed by atoms with E-state index in [4.69, 9.17) is 10.5 Å². The number of anilines is 1. The van der Waals surface area contributed by atoms with E-state index in [1.807, 2.05) is 6.92 Å². The Morgan fingerprint density at radius 2 is 2.29 bits per heavy atom. The first-order chi connectivity index (χ1) is 7.97. The molecular weight excluding hydrogens is 242 g/mol. The zero-order valence-electron chi connectivity index (χ0n) is 9.88. The van der Waals surface area contributed by atoms with Gasteiger partial charge in [-0.3, -0.25) is 0 Å². The number of nitrogens with zero attached hydrogens (tertiary/aromatic N) is 1. The van der Waals surface area contributed by atoms with Gasteiger partial charge in [-0.05, 0) is 26.0 Å². The molecule has 1 heterocycles. The van der Waals surface area contributed by atoms with Crippen LogP contribution in [0.25, 0.3) is 0 Å². The maximum Gasteiger partial charge on any atom is 0.260 e. The van der Waals surface area contributed by atoms with Crippen LogP contribution >= 0.6 is 0 Å². The lowest BCUT2D eigenvalue weighted by molar-refractivity contribution is 0.0799. The van der Waals surface area contributed by atoms with Gasteiger partial charge in [-0.15, -0.1) is 0 Å². The number of nitrogens with one attached hydrogen (secondary N) is 1. The van der Waals surface area contributed by atoms with Crippen molar-refractivity contribution in [3.63, 3.8) is 0 Å². The van der Waals surface area contributed by atoms with Crippen molar-refractivity contribution in [2.45, 2.75) is 25.0 Å². The summed E-state index contributed by atoms with van der Waals surface area (Å²) in [6, 6.07) is 3.07. The monoisotopic (exact) mass is 259 g/mol. The lowest BCUT2D eigenvalue weighted by Gasteiger charge is -2.13. The molecule has 1 aromatic rings. The van der Waals surface area contributed by atoms with Crippen LogP contribution in [0.3, 0.4) is 0 Å². The van der Waals surface area contributed by atoms with Crippen molar-refractivity contribution < 1.29 is 13.2 Å². The van der Waals surface area contributed by atoms with Crippen molar-refractivity contribution in [3.05, 3.63) is 18.3 Å². The van der Waals surface area contributed by atoms with Crippen LogP contribution in [0.15, 0.2) is 23.4 Å². The summed E-state index contributed by atoms with van der Waals surface area (Å²) in [6.07, 6.45) is 1.19. The van der Waals surface area contributed by atoms with Crippen molar-refractivity contribution in [1.82, 2.24) is 9.71 Å². The molecule has 0 aliphatic heterocycles. The van der Waals surface area contributed by atoms with E-state index >= 15 is 0 Å². The molecular formula is C10H17N3O3S. The number of rotatable bonds is 6. The summed E-state index contributed by atoms with van der Waals surface area (Å²) >= 11 is 0. The molecule has 7 heteroatoms. The van der Waals surface area contributed by atoms with Gasteiger partial charge in [-0.2, -0.15) is 0 Å². The summed E-state index contributed by atoms with van der Waals surface area (Å²) < 4.78 is 31.3. The van der Waals surface area contributed by atoms with Crippen LogP contribution in [0.5, 0.6) is 0 Å². The Bertz CT molecular complexity index is 462. The molecule has 1 rings (SSSR count). The van der Waals surface area contributed by atoms with Crippen LogP contribution < -0.4 is 10.5 Å². The van der Waals surface area contributed by atoms with E-state index in [9.17, 15) is 8.42 Å². The van der Waals surface area contributed by atoms with E-state index in [0.29, 0.717) is 6.61 Å². The summed E-state index contributed by atoms with van der Waals surface area (Å²) in [6.45, 7) is 4.36. The molecule has 0 fully saturated rings. The molecule has 96 valence electrons. The van der Waals surface area contributed by atoms with Gasteiger partial charge in [0, 0.05) is 19.3 Å². The van der Waals surface area contributed by atoms with Crippen LogP contribution in [0.4, 0.5) is 5.69 Å². The summed E-state index contributed by atoms with van der Waals surface area (Å²) in [4.78, 5) is 3.76. The standard InChI is InChI=1S/C10H17N3O3S/c1-3-16-8(2)7-13-17(14,15)10-9(11)5-4-6-12-10/h4-6,8,13H,3,7,11H2,1-2H3. The van der Waals surface area contributed by atoms with Gasteiger partial charge in [-0.1, -0.05) is 0 Å². The Balaban J connectivity index is 2.73. The minimum Gasteiger partial charge on any atom is -0.396 e. The van der Waals surface area contributed by atoms with Crippen molar-refractivity contribution >= 4 is 15.7 Å². The summed E-state index contributed by atoms with van der Waals surface area (Å²) in [5.41, 5.74) is 5.69. The number of hydrogen-bond acceptors (Lipinski definition) is 5. The third kappa shape index (κ3) is 3.95. The molecule has 0 bridgehead atoms. The number of aromatic nitrogens is 1. The summed E-state index contributed by atoms with van der Waals surface area (Å²) in [5, 5.41) is -0.149. The molecule has 0 spiro atoms. The van der Waals surface area contributed by atoms with Crippen LogP contribution in [0, 0.1) is 0 Å². The molecule has 0 radical (unpaired) electrons. The topological polar surface area (TPSA) is 94.3 Å². The predicted octanol–water partition coefficient (Wildman–Crippen LogP) is 0.367. The van der Waals surface area contributed by atoms with Gasteiger partial charge in [0.2, 0.25) is 0 Å². The molecule has 0 aromatic carbocycles. The number of nitrogens with two attached hydrogens (primary N) is 1. The first kappa shape index (κ1) is 13.9. The molecule has 0 amide bonds. The molecule has 3 N–H and O–H groups in total. The van der Waals surface area contributed by atoms with E-state index in [1.54, 1.807) is 13.0 Å². The summed E-state index contributed by atoms with van der Waals surface area (Å²) in [5.74, 6) is 0. The summed E-state index contributed by atoms with van der Waals surface area (Å²) in [7, 11) is -3.67. The van der Waals surface area contributed by atoms with E-state index in [-0.39, 0.29) is 23.4 Å². The highest BCUT2D eigenvalue weighted by molar-refractivity contribution is 7.89. The fraction of sp³-hybridized carbons (Fsp3) is 0.500. The molecule has 1 atom stereocenters. The average Bonchev–Trinajstić information content (AvgIpc) is 2.27. The Kier molecular flexibility index (Phi) is 4.86. The zero-order chi connectivity index (χ0) is 12.9. The van der Waals surface area contributed by atoms with Gasteiger partial charge in [-0.25, -0.2) is 18.1 Å². The normalized spacial score (nSPS) is 13.5. The lowest BCUT2D eigenvalue weighted by Crippen LogP contribution is -2.33. The lowest BCUT2D eigenvalue weighted by atomic mass is 10.4. The maximum atomic E-state index is 11.9. The Morgan fingerprint density at radius 1 is 1.59 bits per heavy atom. The second-order valence-corrected chi connectivity index (χ2v) is 5.20. The second-order valence-electron chi connectivity index (χ2n) is 3.52. The van der Waals surface area contributed by atoms with Crippen molar-refractivity contribution in [2.24, 2.45) is 0 Å². The molecule has 0 saturated heterocycles. The number of ether oxygens (including phenoxy) is 1. The fourth-order valence-corrected chi connectivity index (χ4v) is 2.44. The highest BCUT2D eigenvalue weighted by Crippen LogP contribution is 2.13. The SMILES string of the molecule is CCOC(C)CNS(=O)(=O)c1ncccc1N. The molecule has 0 saturated carbocycles. The van der Waals surface area contributed by atoms with Gasteiger partial charge < -0.3 is 10.5 Å². The predicted molar refractivity (Wildman–Crippen MR) is 64.9 cm³/mol. The molecule has 0 aliphatic carbocycles. The van der Waals surface area contributed by atoms with Gasteiger partial charge >= 0.3 is 0 Å². The first-order valence-corrected chi connectivity index (χ1v) is 6.77. The van der Waals surface area contributed by atoms with Crippen LogP contribution in [0.1, 0.15) is 13.8 Å². The molecule has 17 heavy (non-hydrogen) atoms. The maximum absolute atomic E-state index is 11.9. The molecule has 1 unspecified atom stereocenters. The quantitative estimate of drug-likeness (QED) is 0.769. The number of sulfonamides is 1. The highest BCUT2D eigenvalue weighted by Gasteiger charge is 2.19. The molecule has 6 nitrogen and oxygen atoms in total. The van der Waals surface area contributed by atoms with Crippen molar-refractivity contribution in [3.8, 4) is 0 Å². The van der Waals surface area contributed by atoms with Crippen LogP contribution in [0.2, 0.25) is 0 Å². The molecule has 0 aliphatic rings. The molecule has 1 aromatic heterocycles. The smallest absolute Gasteiger partial charge is 0.260 e. The Hall–Kier alpha value is -1.18. The van der Waals surface area contributed by atoms with E-state index in [0.717, 1.165) is 0 Å². The Morgan fingerprint density at radius 3 is 2.88 bits per heavy atom. The van der Waals surface area contributed by atoms with E-state index in [1.165, 1.54) is 12.3 Å². The third-order valence-electron chi connectivity index (χ3n) is 2.07. The van der Waals surface area contributed by atoms with Crippen LogP contribution in [-0.4, -0.2) is 32.7 Å². The minimum atomic E-state index is -3.67. The fourth-order valence-electron chi connectivity index (χ4n) is 1.27. The van der Waals surface area contributed by atoms with Gasteiger partial charge in [0.1, 0.15) is 0 Å². The van der Waals surface area contributed by atoms with Crippen molar-refractivity contribution in [1.29, 1.82) is 0 Å². The number of hydrogen-bond donors (Lipinski definition) is 2. The highest BCUT2D eigenvalue weighted by atomic mass is 32.2. The zero-order valence-corrected chi connectivity index (χ0v) is 10.7. The average molecular weight is 259 g/mol. The largest absolute Gasteiger partial charge is 0.396 e. The Labute approximate surface area is 101 Å². The van der Waals surface area contributed by atoms with Crippen LogP contribution in [-0.2, 0) is 14.8 Å². The van der Waals surface area contributed by atoms with Gasteiger partial charge in [0.05, 0.1) is 11.8 Å². The van der Waals surface area contributed by atoms with Crippen molar-refractivity contribution in [2.75, 3.05) is 18.9 Å². The number of pyridine rings is 1. The first-order valence-electron chi connectivity index (χ1n) is 5.29.